The summed E-state index contributed by atoms with van der Waals surface area (Å²) in [6.07, 6.45) is 7.53. The van der Waals surface area contributed by atoms with Gasteiger partial charge in [-0.1, -0.05) is 134 Å². The van der Waals surface area contributed by atoms with Crippen LogP contribution < -0.4 is 0 Å². The quantitative estimate of drug-likeness (QED) is 0.191. The number of fused-ring (bicyclic) bond motifs is 2. The summed E-state index contributed by atoms with van der Waals surface area (Å²) in [5, 5.41) is 26.2. The topological polar surface area (TPSA) is 46.9 Å². The molecule has 244 valence electrons. The highest BCUT2D eigenvalue weighted by Crippen LogP contribution is 2.41. The van der Waals surface area contributed by atoms with Crippen molar-refractivity contribution in [2.75, 3.05) is 26.2 Å². The van der Waals surface area contributed by atoms with Crippen molar-refractivity contribution in [3.05, 3.63) is 156 Å². The first-order valence-corrected chi connectivity index (χ1v) is 17.7. The molecule has 6 aromatic rings. The molecule has 2 N–H and O–H groups in total. The number of hydrogen-bond donors (Lipinski definition) is 2. The summed E-state index contributed by atoms with van der Waals surface area (Å²) in [5.74, 6) is 0.793. The van der Waals surface area contributed by atoms with Gasteiger partial charge in [0.2, 0.25) is 0 Å². The van der Waals surface area contributed by atoms with E-state index in [0.717, 1.165) is 48.1 Å². The van der Waals surface area contributed by atoms with E-state index in [0.29, 0.717) is 11.5 Å². The van der Waals surface area contributed by atoms with Crippen molar-refractivity contribution < 1.29 is 10.2 Å². The third kappa shape index (κ3) is 6.82. The second kappa shape index (κ2) is 15.1. The van der Waals surface area contributed by atoms with Crippen molar-refractivity contribution in [1.82, 2.24) is 9.80 Å². The summed E-state index contributed by atoms with van der Waals surface area (Å²) < 4.78 is 0. The predicted octanol–water partition coefficient (Wildman–Crippen LogP) is 10.2. The number of phenolic OH excluding ortho intramolecular Hbond substituents is 2. The van der Waals surface area contributed by atoms with Gasteiger partial charge in [0.25, 0.3) is 0 Å². The number of rotatable bonds is 6. The van der Waals surface area contributed by atoms with Crippen molar-refractivity contribution in [1.29, 1.82) is 0 Å². The van der Waals surface area contributed by atoms with Crippen LogP contribution in [0, 0.1) is 0 Å². The van der Waals surface area contributed by atoms with E-state index >= 15 is 0 Å². The Morgan fingerprint density at radius 1 is 0.375 bits per heavy atom. The highest BCUT2D eigenvalue weighted by molar-refractivity contribution is 5.89. The zero-order chi connectivity index (χ0) is 32.7. The molecule has 0 aliphatic carbocycles. The van der Waals surface area contributed by atoms with Gasteiger partial charge in [0.15, 0.2) is 0 Å². The Balaban J connectivity index is 0.000000152. The molecule has 8 rings (SSSR count). The molecule has 48 heavy (non-hydrogen) atoms. The van der Waals surface area contributed by atoms with Crippen molar-refractivity contribution in [2.45, 2.75) is 50.6 Å². The van der Waals surface area contributed by atoms with Crippen molar-refractivity contribution in [3.63, 3.8) is 0 Å². The van der Waals surface area contributed by atoms with E-state index in [1.54, 1.807) is 0 Å². The molecule has 2 aliphatic rings. The number of aromatic hydroxyl groups is 2. The van der Waals surface area contributed by atoms with Crippen molar-refractivity contribution in [2.24, 2.45) is 0 Å². The van der Waals surface area contributed by atoms with Crippen LogP contribution in [0.1, 0.15) is 72.9 Å². The fourth-order valence-electron chi connectivity index (χ4n) is 7.89. The van der Waals surface area contributed by atoms with E-state index in [1.165, 1.54) is 60.4 Å². The lowest BCUT2D eigenvalue weighted by Crippen LogP contribution is -2.34. The molecule has 4 heteroatoms. The molecule has 2 atom stereocenters. The van der Waals surface area contributed by atoms with Crippen LogP contribution in [-0.2, 0) is 0 Å². The summed E-state index contributed by atoms with van der Waals surface area (Å²) >= 11 is 0. The summed E-state index contributed by atoms with van der Waals surface area (Å²) in [7, 11) is 0. The Morgan fingerprint density at radius 3 is 1.12 bits per heavy atom. The van der Waals surface area contributed by atoms with E-state index in [2.05, 4.69) is 119 Å². The first-order valence-electron chi connectivity index (χ1n) is 17.7. The van der Waals surface area contributed by atoms with Gasteiger partial charge in [-0.25, -0.2) is 0 Å². The fraction of sp³-hybridized carbons (Fsp3) is 0.273. The molecule has 2 fully saturated rings. The largest absolute Gasteiger partial charge is 0.508 e. The molecule has 6 aromatic carbocycles. The van der Waals surface area contributed by atoms with Crippen LogP contribution in [0.15, 0.2) is 133 Å². The van der Waals surface area contributed by atoms with Crippen LogP contribution >= 0.6 is 0 Å². The Labute approximate surface area is 284 Å². The molecule has 0 saturated carbocycles. The van der Waals surface area contributed by atoms with Gasteiger partial charge in [-0.05, 0) is 96.7 Å². The summed E-state index contributed by atoms with van der Waals surface area (Å²) in [6.45, 7) is 4.34. The molecule has 2 aliphatic heterocycles. The maximum atomic E-state index is 10.7. The zero-order valence-electron chi connectivity index (χ0n) is 27.7. The third-order valence-electron chi connectivity index (χ3n) is 10.2. The number of piperidine rings is 2. The van der Waals surface area contributed by atoms with Crippen LogP contribution in [0.25, 0.3) is 21.5 Å². The molecular formula is C44H46N2O2. The van der Waals surface area contributed by atoms with Gasteiger partial charge in [-0.15, -0.1) is 0 Å². The smallest absolute Gasteiger partial charge is 0.121 e. The first kappa shape index (κ1) is 31.9. The lowest BCUT2D eigenvalue weighted by molar-refractivity contribution is 0.186. The number of hydrogen-bond acceptors (Lipinski definition) is 4. The molecule has 0 aromatic heterocycles. The Hall–Kier alpha value is -4.64. The second-order valence-electron chi connectivity index (χ2n) is 13.3. The Kier molecular flexibility index (Phi) is 10.0. The molecule has 0 bridgehead atoms. The SMILES string of the molecule is Oc1ccc2ccccc2c1C(c1ccccc1)N1CCCCC1.Oc1ccc2ccccc2c1C(c1ccccc1)N1CCCCC1. The normalized spacial score (nSPS) is 17.0. The summed E-state index contributed by atoms with van der Waals surface area (Å²) in [4.78, 5) is 5.06. The molecule has 0 spiro atoms. The molecule has 2 unspecified atom stereocenters. The maximum Gasteiger partial charge on any atom is 0.121 e. The lowest BCUT2D eigenvalue weighted by atomic mass is 9.90. The van der Waals surface area contributed by atoms with Gasteiger partial charge in [0.1, 0.15) is 11.5 Å². The summed E-state index contributed by atoms with van der Waals surface area (Å²) in [5.41, 5.74) is 4.60. The van der Waals surface area contributed by atoms with Crippen molar-refractivity contribution in [3.8, 4) is 11.5 Å². The van der Waals surface area contributed by atoms with Crippen LogP contribution in [0.4, 0.5) is 0 Å². The van der Waals surface area contributed by atoms with E-state index in [-0.39, 0.29) is 12.1 Å². The minimum Gasteiger partial charge on any atom is -0.508 e. The fourth-order valence-corrected chi connectivity index (χ4v) is 7.89. The van der Waals surface area contributed by atoms with Gasteiger partial charge < -0.3 is 10.2 Å². The van der Waals surface area contributed by atoms with Crippen LogP contribution in [0.2, 0.25) is 0 Å². The molecule has 4 nitrogen and oxygen atoms in total. The minimum absolute atomic E-state index is 0.109. The average molecular weight is 635 g/mol. The second-order valence-corrected chi connectivity index (χ2v) is 13.3. The van der Waals surface area contributed by atoms with Crippen LogP contribution in [0.5, 0.6) is 11.5 Å². The van der Waals surface area contributed by atoms with E-state index in [4.69, 9.17) is 0 Å². The zero-order valence-corrected chi connectivity index (χ0v) is 27.7. The number of phenols is 2. The average Bonchev–Trinajstić information content (AvgIpc) is 3.16. The molecule has 0 amide bonds. The van der Waals surface area contributed by atoms with Crippen LogP contribution in [0.3, 0.4) is 0 Å². The van der Waals surface area contributed by atoms with Gasteiger partial charge in [-0.2, -0.15) is 0 Å². The number of nitrogens with zero attached hydrogens (tertiary/aromatic N) is 2. The molecule has 0 radical (unpaired) electrons. The molecule has 2 heterocycles. The van der Waals surface area contributed by atoms with Crippen LogP contribution in [-0.4, -0.2) is 46.2 Å². The molecular weight excluding hydrogens is 588 g/mol. The predicted molar refractivity (Wildman–Crippen MR) is 199 cm³/mol. The number of benzene rings is 6. The van der Waals surface area contributed by atoms with E-state index in [1.807, 2.05) is 24.3 Å². The summed E-state index contributed by atoms with van der Waals surface area (Å²) in [6, 6.07) is 45.9. The Morgan fingerprint density at radius 2 is 0.729 bits per heavy atom. The minimum atomic E-state index is 0.109. The van der Waals surface area contributed by atoms with Gasteiger partial charge in [0.05, 0.1) is 12.1 Å². The monoisotopic (exact) mass is 634 g/mol. The highest BCUT2D eigenvalue weighted by atomic mass is 16.3. The van der Waals surface area contributed by atoms with Gasteiger partial charge in [-0.3, -0.25) is 9.80 Å². The van der Waals surface area contributed by atoms with Gasteiger partial charge in [0, 0.05) is 11.1 Å². The highest BCUT2D eigenvalue weighted by Gasteiger charge is 2.29. The van der Waals surface area contributed by atoms with E-state index < -0.39 is 0 Å². The number of likely N-dealkylation sites (tertiary alicyclic amines) is 2. The lowest BCUT2D eigenvalue weighted by Gasteiger charge is -2.36. The standard InChI is InChI=1S/2C22H23NO/c2*24-20-14-13-17-9-5-6-12-19(17)21(20)22(18-10-3-1-4-11-18)23-15-7-2-8-16-23/h2*1,3-6,9-14,22,24H,2,7-8,15-16H2. The van der Waals surface area contributed by atoms with Gasteiger partial charge >= 0.3 is 0 Å². The van der Waals surface area contributed by atoms with Crippen molar-refractivity contribution >= 4 is 21.5 Å². The third-order valence-corrected chi connectivity index (χ3v) is 10.2. The Bertz CT molecular complexity index is 1790. The van der Waals surface area contributed by atoms with E-state index in [9.17, 15) is 10.2 Å². The first-order chi connectivity index (χ1) is 23.7. The maximum absolute atomic E-state index is 10.7. The molecule has 2 saturated heterocycles.